The van der Waals surface area contributed by atoms with E-state index in [2.05, 4.69) is 0 Å². The van der Waals surface area contributed by atoms with Crippen molar-refractivity contribution in [3.8, 4) is 28.7 Å². The number of carbonyl (C=O) groups excluding carboxylic acids is 2. The monoisotopic (exact) mass is 456 g/mol. The quantitative estimate of drug-likeness (QED) is 0.565. The van der Waals surface area contributed by atoms with Gasteiger partial charge in [-0.15, -0.1) is 0 Å². The molecule has 1 aliphatic rings. The van der Waals surface area contributed by atoms with Crippen LogP contribution in [0.3, 0.4) is 0 Å². The van der Waals surface area contributed by atoms with Crippen LogP contribution >= 0.6 is 0 Å². The number of methoxy groups -OCH3 is 5. The molecule has 2 amide bonds. The van der Waals surface area contributed by atoms with E-state index in [0.717, 1.165) is 0 Å². The number of hydrogen-bond acceptors (Lipinski definition) is 7. The van der Waals surface area contributed by atoms with E-state index in [1.54, 1.807) is 50.6 Å². The molecule has 0 bridgehead atoms. The molecule has 1 fully saturated rings. The van der Waals surface area contributed by atoms with Crippen molar-refractivity contribution < 1.29 is 33.3 Å². The van der Waals surface area contributed by atoms with Gasteiger partial charge in [-0.3, -0.25) is 9.59 Å². The predicted molar refractivity (Wildman–Crippen MR) is 122 cm³/mol. The minimum atomic E-state index is -0.340. The Balaban J connectivity index is 1.84. The van der Waals surface area contributed by atoms with Gasteiger partial charge in [-0.05, 0) is 42.8 Å². The first-order valence-electron chi connectivity index (χ1n) is 10.3. The second-order valence-electron chi connectivity index (χ2n) is 7.10. The summed E-state index contributed by atoms with van der Waals surface area (Å²) in [7, 11) is 7.58. The van der Waals surface area contributed by atoms with Crippen LogP contribution in [0.4, 0.5) is 0 Å². The van der Waals surface area contributed by atoms with Crippen LogP contribution in [0.1, 0.15) is 22.3 Å². The van der Waals surface area contributed by atoms with Gasteiger partial charge in [0, 0.05) is 30.3 Å². The predicted octanol–water partition coefficient (Wildman–Crippen LogP) is 3.03. The zero-order valence-electron chi connectivity index (χ0n) is 19.4. The highest BCUT2D eigenvalue weighted by Crippen LogP contribution is 2.38. The molecule has 2 aromatic carbocycles. The molecule has 0 N–H and O–H groups in total. The number of ether oxygens (including phenoxy) is 5. The fraction of sp³-hybridized carbons (Fsp3) is 0.333. The van der Waals surface area contributed by atoms with Gasteiger partial charge in [0.15, 0.2) is 11.5 Å². The lowest BCUT2D eigenvalue weighted by atomic mass is 10.1. The maximum atomic E-state index is 13.3. The summed E-state index contributed by atoms with van der Waals surface area (Å²) in [6.07, 6.45) is 3.72. The molecule has 0 spiro atoms. The van der Waals surface area contributed by atoms with E-state index in [9.17, 15) is 9.59 Å². The van der Waals surface area contributed by atoms with E-state index in [-0.39, 0.29) is 11.8 Å². The van der Waals surface area contributed by atoms with Crippen molar-refractivity contribution in [2.75, 3.05) is 48.6 Å². The van der Waals surface area contributed by atoms with E-state index >= 15 is 0 Å². The molecule has 1 aliphatic heterocycles. The summed E-state index contributed by atoms with van der Waals surface area (Å²) >= 11 is 0. The first-order valence-corrected chi connectivity index (χ1v) is 10.3. The fourth-order valence-corrected chi connectivity index (χ4v) is 3.62. The zero-order chi connectivity index (χ0) is 24.0. The van der Waals surface area contributed by atoms with E-state index in [4.69, 9.17) is 23.7 Å². The van der Waals surface area contributed by atoms with Gasteiger partial charge < -0.3 is 23.7 Å². The summed E-state index contributed by atoms with van der Waals surface area (Å²) in [6.45, 7) is 0.839. The molecule has 1 saturated heterocycles. The van der Waals surface area contributed by atoms with Crippen molar-refractivity contribution >= 4 is 17.9 Å². The number of amides is 2. The average molecular weight is 456 g/mol. The summed E-state index contributed by atoms with van der Waals surface area (Å²) < 4.78 is 26.6. The molecule has 0 radical (unpaired) electrons. The van der Waals surface area contributed by atoms with Crippen molar-refractivity contribution in [2.24, 2.45) is 0 Å². The molecule has 0 atom stereocenters. The van der Waals surface area contributed by atoms with Gasteiger partial charge in [0.2, 0.25) is 5.75 Å². The SMILES string of the molecule is COc1ccc(OC)c(C=CC(=O)N2CCCN2C(=O)c2cc(OC)c(OC)c(OC)c2)c1. The lowest BCUT2D eigenvalue weighted by Crippen LogP contribution is -2.44. The maximum Gasteiger partial charge on any atom is 0.272 e. The minimum absolute atomic E-state index is 0.321. The Kier molecular flexibility index (Phi) is 7.66. The Morgan fingerprint density at radius 2 is 1.42 bits per heavy atom. The van der Waals surface area contributed by atoms with Crippen LogP contribution in [-0.2, 0) is 4.79 Å². The van der Waals surface area contributed by atoms with Crippen LogP contribution in [0.15, 0.2) is 36.4 Å². The van der Waals surface area contributed by atoms with Crippen LogP contribution in [0.5, 0.6) is 28.7 Å². The van der Waals surface area contributed by atoms with Crippen molar-refractivity contribution in [1.29, 1.82) is 0 Å². The molecule has 1 heterocycles. The van der Waals surface area contributed by atoms with Gasteiger partial charge in [0.1, 0.15) is 11.5 Å². The van der Waals surface area contributed by atoms with Gasteiger partial charge in [-0.25, -0.2) is 10.0 Å². The average Bonchev–Trinajstić information content (AvgIpc) is 3.35. The highest BCUT2D eigenvalue weighted by Gasteiger charge is 2.31. The third kappa shape index (κ3) is 4.97. The fourth-order valence-electron chi connectivity index (χ4n) is 3.62. The molecule has 176 valence electrons. The van der Waals surface area contributed by atoms with Crippen LogP contribution in [0.25, 0.3) is 6.08 Å². The number of carbonyl (C=O) groups is 2. The Hall–Kier alpha value is -3.88. The standard InChI is InChI=1S/C24H28N2O7/c1-29-18-8-9-19(30-2)16(13-18)7-10-22(27)25-11-6-12-26(25)24(28)17-14-20(31-3)23(33-5)21(15-17)32-4/h7-10,13-15H,6,11-12H2,1-5H3. The second kappa shape index (κ2) is 10.6. The molecular weight excluding hydrogens is 428 g/mol. The Morgan fingerprint density at radius 1 is 0.788 bits per heavy atom. The molecule has 0 unspecified atom stereocenters. The van der Waals surface area contributed by atoms with Gasteiger partial charge >= 0.3 is 0 Å². The Bertz CT molecular complexity index is 1030. The third-order valence-corrected chi connectivity index (χ3v) is 5.27. The van der Waals surface area contributed by atoms with Crippen LogP contribution in [-0.4, -0.2) is 70.5 Å². The Labute approximate surface area is 193 Å². The van der Waals surface area contributed by atoms with Crippen LogP contribution in [0.2, 0.25) is 0 Å². The first kappa shape index (κ1) is 23.8. The summed E-state index contributed by atoms with van der Waals surface area (Å²) in [5.41, 5.74) is 1.01. The topological polar surface area (TPSA) is 86.8 Å². The molecule has 0 aromatic heterocycles. The highest BCUT2D eigenvalue weighted by molar-refractivity contribution is 5.99. The summed E-state index contributed by atoms with van der Waals surface area (Å²) in [5, 5.41) is 2.85. The molecule has 3 rings (SSSR count). The molecular formula is C24H28N2O7. The van der Waals surface area contributed by atoms with Crippen LogP contribution in [0, 0.1) is 0 Å². The van der Waals surface area contributed by atoms with Crippen molar-refractivity contribution in [3.63, 3.8) is 0 Å². The molecule has 0 saturated carbocycles. The van der Waals surface area contributed by atoms with Crippen molar-refractivity contribution in [2.45, 2.75) is 6.42 Å². The molecule has 33 heavy (non-hydrogen) atoms. The number of nitrogens with zero attached hydrogens (tertiary/aromatic N) is 2. The van der Waals surface area contributed by atoms with E-state index in [0.29, 0.717) is 59.4 Å². The van der Waals surface area contributed by atoms with E-state index < -0.39 is 0 Å². The number of hydrazine groups is 1. The normalized spacial score (nSPS) is 13.2. The van der Waals surface area contributed by atoms with Crippen molar-refractivity contribution in [1.82, 2.24) is 10.0 Å². The highest BCUT2D eigenvalue weighted by atomic mass is 16.5. The summed E-state index contributed by atoms with van der Waals surface area (Å²) in [6, 6.07) is 8.45. The lowest BCUT2D eigenvalue weighted by molar-refractivity contribution is -0.134. The summed E-state index contributed by atoms with van der Waals surface area (Å²) in [4.78, 5) is 26.2. The number of rotatable bonds is 8. The van der Waals surface area contributed by atoms with E-state index in [1.165, 1.54) is 37.4 Å². The summed E-state index contributed by atoms with van der Waals surface area (Å²) in [5.74, 6) is 1.70. The van der Waals surface area contributed by atoms with Crippen molar-refractivity contribution in [3.05, 3.63) is 47.5 Å². The van der Waals surface area contributed by atoms with Gasteiger partial charge in [-0.2, -0.15) is 0 Å². The number of hydrogen-bond donors (Lipinski definition) is 0. The third-order valence-electron chi connectivity index (χ3n) is 5.27. The Morgan fingerprint density at radius 3 is 2.00 bits per heavy atom. The molecule has 2 aromatic rings. The first-order chi connectivity index (χ1) is 16.0. The maximum absolute atomic E-state index is 13.3. The van der Waals surface area contributed by atoms with Crippen LogP contribution < -0.4 is 23.7 Å². The smallest absolute Gasteiger partial charge is 0.272 e. The van der Waals surface area contributed by atoms with Gasteiger partial charge in [0.05, 0.1) is 35.5 Å². The largest absolute Gasteiger partial charge is 0.497 e. The lowest BCUT2D eigenvalue weighted by Gasteiger charge is -2.27. The second-order valence-corrected chi connectivity index (χ2v) is 7.10. The minimum Gasteiger partial charge on any atom is -0.497 e. The molecule has 9 heteroatoms. The van der Waals surface area contributed by atoms with Gasteiger partial charge in [-0.1, -0.05) is 0 Å². The molecule has 0 aliphatic carbocycles. The number of benzene rings is 2. The zero-order valence-corrected chi connectivity index (χ0v) is 19.4. The van der Waals surface area contributed by atoms with Gasteiger partial charge in [0.25, 0.3) is 11.8 Å². The van der Waals surface area contributed by atoms with E-state index in [1.807, 2.05) is 0 Å². The molecule has 9 nitrogen and oxygen atoms in total.